The van der Waals surface area contributed by atoms with Crippen molar-refractivity contribution in [2.24, 2.45) is 0 Å². The Morgan fingerprint density at radius 2 is 1.71 bits per heavy atom. The highest BCUT2D eigenvalue weighted by molar-refractivity contribution is 7.71. The average molecular weight is 301 g/mol. The van der Waals surface area contributed by atoms with Crippen molar-refractivity contribution in [1.82, 2.24) is 4.98 Å². The second-order valence-corrected chi connectivity index (χ2v) is 8.80. The van der Waals surface area contributed by atoms with Crippen LogP contribution in [-0.4, -0.2) is 30.0 Å². The molecule has 1 aromatic heterocycles. The number of rotatable bonds is 4. The molecule has 0 spiro atoms. The van der Waals surface area contributed by atoms with Crippen LogP contribution in [0.25, 0.3) is 0 Å². The van der Waals surface area contributed by atoms with Gasteiger partial charge in [-0.1, -0.05) is 6.92 Å². The molecular formula is C7H13NO6P2S. The van der Waals surface area contributed by atoms with E-state index in [1.807, 2.05) is 0 Å². The van der Waals surface area contributed by atoms with E-state index in [9.17, 15) is 9.13 Å². The van der Waals surface area contributed by atoms with Crippen molar-refractivity contribution in [2.75, 3.05) is 0 Å². The molecule has 98 valence electrons. The predicted octanol–water partition coefficient (Wildman–Crippen LogP) is 1.24. The zero-order chi connectivity index (χ0) is 13.4. The number of hydrogen-bond acceptors (Lipinski definition) is 4. The Hall–Kier alpha value is -0.0700. The number of hydrogen-bond donors (Lipinski definition) is 4. The van der Waals surface area contributed by atoms with Gasteiger partial charge in [-0.25, -0.2) is 4.98 Å². The first kappa shape index (κ1) is 15.0. The fourth-order valence-electron chi connectivity index (χ4n) is 1.51. The van der Waals surface area contributed by atoms with Gasteiger partial charge < -0.3 is 19.6 Å². The molecule has 0 saturated carbocycles. The Labute approximate surface area is 102 Å². The molecule has 10 heteroatoms. The second-order valence-electron chi connectivity index (χ2n) is 3.66. The summed E-state index contributed by atoms with van der Waals surface area (Å²) in [6.07, 6.45) is 1.38. The molecule has 1 rings (SSSR count). The lowest BCUT2D eigenvalue weighted by Crippen LogP contribution is -2.16. The standard InChI is InChI=1S/C7H13NO6P2S/c1-4(6-3-8-5(2)17-6)7(15(9,10)11)16(12,13)14/h3-4,7H,1-2H3,(H2,9,10,11)(H2,12,13,14). The number of nitrogens with zero attached hydrogens (tertiary/aromatic N) is 1. The highest BCUT2D eigenvalue weighted by atomic mass is 32.1. The van der Waals surface area contributed by atoms with Gasteiger partial charge in [0.2, 0.25) is 0 Å². The fraction of sp³-hybridized carbons (Fsp3) is 0.571. The first-order valence-electron chi connectivity index (χ1n) is 4.56. The third-order valence-corrected chi connectivity index (χ3v) is 7.42. The van der Waals surface area contributed by atoms with Crippen molar-refractivity contribution >= 4 is 26.5 Å². The minimum absolute atomic E-state index is 0.444. The van der Waals surface area contributed by atoms with Crippen LogP contribution in [0.2, 0.25) is 0 Å². The van der Waals surface area contributed by atoms with Crippen LogP contribution in [0.15, 0.2) is 6.20 Å². The van der Waals surface area contributed by atoms with Crippen LogP contribution in [0.5, 0.6) is 0 Å². The molecule has 0 bridgehead atoms. The van der Waals surface area contributed by atoms with E-state index in [2.05, 4.69) is 4.98 Å². The van der Waals surface area contributed by atoms with E-state index in [-0.39, 0.29) is 0 Å². The lowest BCUT2D eigenvalue weighted by Gasteiger charge is -2.24. The molecule has 0 aliphatic heterocycles. The summed E-state index contributed by atoms with van der Waals surface area (Å²) in [5.41, 5.74) is 0. The largest absolute Gasteiger partial charge is 0.341 e. The summed E-state index contributed by atoms with van der Waals surface area (Å²) >= 11 is 1.16. The van der Waals surface area contributed by atoms with Crippen LogP contribution < -0.4 is 0 Å². The zero-order valence-electron chi connectivity index (χ0n) is 9.09. The van der Waals surface area contributed by atoms with Gasteiger partial charge in [0.05, 0.1) is 5.01 Å². The average Bonchev–Trinajstić information content (AvgIpc) is 2.45. The van der Waals surface area contributed by atoms with E-state index >= 15 is 0 Å². The Bertz CT molecular complexity index is 468. The number of aryl methyl sites for hydroxylation is 1. The van der Waals surface area contributed by atoms with E-state index in [0.717, 1.165) is 11.3 Å². The van der Waals surface area contributed by atoms with Gasteiger partial charge in [0.25, 0.3) is 0 Å². The second kappa shape index (κ2) is 4.90. The molecule has 1 heterocycles. The van der Waals surface area contributed by atoms with E-state index < -0.39 is 26.5 Å². The predicted molar refractivity (Wildman–Crippen MR) is 63.1 cm³/mol. The van der Waals surface area contributed by atoms with Gasteiger partial charge in [-0.2, -0.15) is 0 Å². The minimum Gasteiger partial charge on any atom is -0.324 e. The highest BCUT2D eigenvalue weighted by Gasteiger charge is 2.47. The molecule has 17 heavy (non-hydrogen) atoms. The van der Waals surface area contributed by atoms with Gasteiger partial charge >= 0.3 is 15.2 Å². The monoisotopic (exact) mass is 301 g/mol. The molecule has 0 fully saturated rings. The molecule has 0 saturated heterocycles. The first-order valence-corrected chi connectivity index (χ1v) is 8.74. The van der Waals surface area contributed by atoms with Crippen molar-refractivity contribution in [3.8, 4) is 0 Å². The third kappa shape index (κ3) is 3.69. The topological polar surface area (TPSA) is 128 Å². The maximum Gasteiger partial charge on any atom is 0.341 e. The van der Waals surface area contributed by atoms with E-state index in [1.54, 1.807) is 6.92 Å². The van der Waals surface area contributed by atoms with Crippen LogP contribution in [0.4, 0.5) is 0 Å². The van der Waals surface area contributed by atoms with E-state index in [4.69, 9.17) is 19.6 Å². The molecule has 1 aromatic rings. The van der Waals surface area contributed by atoms with Gasteiger partial charge in [-0.15, -0.1) is 11.3 Å². The SMILES string of the molecule is Cc1ncc(C(C)C(P(=O)(O)O)P(=O)(O)O)s1. The number of thiazole rings is 1. The minimum atomic E-state index is -4.89. The normalized spacial score (nSPS) is 15.2. The van der Waals surface area contributed by atoms with Crippen molar-refractivity contribution in [2.45, 2.75) is 25.2 Å². The summed E-state index contributed by atoms with van der Waals surface area (Å²) in [6, 6.07) is 0. The van der Waals surface area contributed by atoms with Crippen LogP contribution in [-0.2, 0) is 9.13 Å². The molecule has 0 amide bonds. The van der Waals surface area contributed by atoms with E-state index in [0.29, 0.717) is 9.88 Å². The van der Waals surface area contributed by atoms with Crippen LogP contribution in [0, 0.1) is 6.92 Å². The van der Waals surface area contributed by atoms with Crippen molar-refractivity contribution in [1.29, 1.82) is 0 Å². The van der Waals surface area contributed by atoms with E-state index in [1.165, 1.54) is 13.1 Å². The summed E-state index contributed by atoms with van der Waals surface area (Å²) < 4.78 is 22.4. The van der Waals surface area contributed by atoms with Gasteiger partial charge in [-0.05, 0) is 6.92 Å². The van der Waals surface area contributed by atoms with Gasteiger partial charge in [0.15, 0.2) is 5.40 Å². The maximum absolute atomic E-state index is 11.2. The summed E-state index contributed by atoms with van der Waals surface area (Å²) in [5.74, 6) is -0.956. The first-order chi connectivity index (χ1) is 7.53. The van der Waals surface area contributed by atoms with Crippen molar-refractivity contribution in [3.05, 3.63) is 16.1 Å². The third-order valence-electron chi connectivity index (χ3n) is 2.22. The Morgan fingerprint density at radius 1 is 1.24 bits per heavy atom. The van der Waals surface area contributed by atoms with Crippen LogP contribution in [0.1, 0.15) is 22.7 Å². The summed E-state index contributed by atoms with van der Waals surface area (Å²) in [7, 11) is -9.79. The molecule has 0 radical (unpaired) electrons. The van der Waals surface area contributed by atoms with Gasteiger partial charge in [0, 0.05) is 17.0 Å². The van der Waals surface area contributed by atoms with Crippen molar-refractivity contribution in [3.63, 3.8) is 0 Å². The molecule has 0 aliphatic rings. The molecule has 7 nitrogen and oxygen atoms in total. The molecule has 1 unspecified atom stereocenters. The Balaban J connectivity index is 3.17. The lowest BCUT2D eigenvalue weighted by molar-refractivity contribution is 0.332. The maximum atomic E-state index is 11.2. The van der Waals surface area contributed by atoms with Gasteiger partial charge in [-0.3, -0.25) is 9.13 Å². The summed E-state index contributed by atoms with van der Waals surface area (Å²) in [4.78, 5) is 40.6. The molecule has 0 aromatic carbocycles. The Morgan fingerprint density at radius 3 is 2.00 bits per heavy atom. The number of aromatic nitrogens is 1. The van der Waals surface area contributed by atoms with Crippen molar-refractivity contribution < 1.29 is 28.7 Å². The fourth-order valence-corrected chi connectivity index (χ4v) is 5.64. The smallest absolute Gasteiger partial charge is 0.324 e. The van der Waals surface area contributed by atoms with Crippen LogP contribution in [0.3, 0.4) is 0 Å². The highest BCUT2D eigenvalue weighted by Crippen LogP contribution is 2.64. The zero-order valence-corrected chi connectivity index (χ0v) is 11.7. The molecular weight excluding hydrogens is 288 g/mol. The molecule has 0 aliphatic carbocycles. The quantitative estimate of drug-likeness (QED) is 0.616. The summed E-state index contributed by atoms with van der Waals surface area (Å²) in [6.45, 7) is 3.07. The lowest BCUT2D eigenvalue weighted by atomic mass is 10.2. The van der Waals surface area contributed by atoms with Gasteiger partial charge in [0.1, 0.15) is 0 Å². The summed E-state index contributed by atoms with van der Waals surface area (Å²) in [5, 5.41) is -1.35. The molecule has 4 N–H and O–H groups in total. The Kier molecular flexibility index (Phi) is 4.32. The molecule has 1 atom stereocenters. The van der Waals surface area contributed by atoms with Crippen LogP contribution >= 0.6 is 26.5 Å².